The third-order valence-corrected chi connectivity index (χ3v) is 1.00. The normalized spacial score (nSPS) is 19.0. The van der Waals surface area contributed by atoms with Crippen molar-refractivity contribution in [1.29, 1.82) is 0 Å². The van der Waals surface area contributed by atoms with E-state index < -0.39 is 11.9 Å². The summed E-state index contributed by atoms with van der Waals surface area (Å²) < 4.78 is 4.20. The Balaban J connectivity index is 2.79. The first-order valence-electron chi connectivity index (χ1n) is 2.60. The summed E-state index contributed by atoms with van der Waals surface area (Å²) in [5.74, 6) is -1.01. The van der Waals surface area contributed by atoms with Gasteiger partial charge >= 0.3 is 11.9 Å². The standard InChI is InChI=1S/C6H6O3/c1-4-2-5(7)9-6(8)3-4/h2H,3H2,1H3. The van der Waals surface area contributed by atoms with Crippen LogP contribution < -0.4 is 0 Å². The minimum absolute atomic E-state index is 0.242. The molecular formula is C6H6O3. The summed E-state index contributed by atoms with van der Waals surface area (Å²) in [4.78, 5) is 20.8. The predicted octanol–water partition coefficient (Wildman–Crippen LogP) is 0.406. The van der Waals surface area contributed by atoms with Crippen molar-refractivity contribution in [3.8, 4) is 0 Å². The number of hydrogen-bond donors (Lipinski definition) is 0. The highest BCUT2D eigenvalue weighted by molar-refractivity contribution is 5.96. The van der Waals surface area contributed by atoms with Gasteiger partial charge in [0.05, 0.1) is 6.42 Å². The summed E-state index contributed by atoms with van der Waals surface area (Å²) in [5, 5.41) is 0. The van der Waals surface area contributed by atoms with Crippen molar-refractivity contribution in [2.75, 3.05) is 0 Å². The summed E-state index contributed by atoms with van der Waals surface area (Å²) in [5.41, 5.74) is 0.760. The summed E-state index contributed by atoms with van der Waals surface area (Å²) >= 11 is 0. The smallest absolute Gasteiger partial charge is 0.338 e. The van der Waals surface area contributed by atoms with Crippen LogP contribution in [0.2, 0.25) is 0 Å². The van der Waals surface area contributed by atoms with Crippen LogP contribution in [0.4, 0.5) is 0 Å². The van der Waals surface area contributed by atoms with Crippen molar-refractivity contribution in [1.82, 2.24) is 0 Å². The highest BCUT2D eigenvalue weighted by atomic mass is 16.6. The van der Waals surface area contributed by atoms with E-state index >= 15 is 0 Å². The Morgan fingerprint density at radius 2 is 2.22 bits per heavy atom. The number of carbonyl (C=O) groups excluding carboxylic acids is 2. The van der Waals surface area contributed by atoms with Gasteiger partial charge in [-0.05, 0) is 6.92 Å². The molecule has 9 heavy (non-hydrogen) atoms. The molecule has 1 heterocycles. The SMILES string of the molecule is CC1=CC(=O)OC(=O)C1. The van der Waals surface area contributed by atoms with Crippen LogP contribution in [-0.2, 0) is 14.3 Å². The van der Waals surface area contributed by atoms with Gasteiger partial charge in [-0.3, -0.25) is 4.79 Å². The van der Waals surface area contributed by atoms with Gasteiger partial charge in [0.25, 0.3) is 0 Å². The monoisotopic (exact) mass is 126 g/mol. The van der Waals surface area contributed by atoms with Gasteiger partial charge in [-0.15, -0.1) is 0 Å². The first-order valence-corrected chi connectivity index (χ1v) is 2.60. The molecule has 0 aliphatic carbocycles. The van der Waals surface area contributed by atoms with Gasteiger partial charge in [0.2, 0.25) is 0 Å². The molecule has 48 valence electrons. The van der Waals surface area contributed by atoms with E-state index in [9.17, 15) is 9.59 Å². The highest BCUT2D eigenvalue weighted by Gasteiger charge is 2.14. The number of cyclic esters (lactones) is 2. The van der Waals surface area contributed by atoms with Crippen LogP contribution in [0.1, 0.15) is 13.3 Å². The Kier molecular flexibility index (Phi) is 1.34. The van der Waals surface area contributed by atoms with E-state index in [2.05, 4.69) is 4.74 Å². The summed E-state index contributed by atoms with van der Waals surface area (Å²) in [7, 11) is 0. The van der Waals surface area contributed by atoms with Crippen molar-refractivity contribution < 1.29 is 14.3 Å². The zero-order valence-corrected chi connectivity index (χ0v) is 5.01. The topological polar surface area (TPSA) is 43.4 Å². The molecule has 0 saturated carbocycles. The molecule has 0 aromatic heterocycles. The Labute approximate surface area is 52.3 Å². The van der Waals surface area contributed by atoms with E-state index in [0.29, 0.717) is 0 Å². The second-order valence-electron chi connectivity index (χ2n) is 1.96. The van der Waals surface area contributed by atoms with Crippen LogP contribution in [0, 0.1) is 0 Å². The average Bonchev–Trinajstić information content (AvgIpc) is 1.59. The number of hydrogen-bond acceptors (Lipinski definition) is 3. The third-order valence-electron chi connectivity index (χ3n) is 1.00. The lowest BCUT2D eigenvalue weighted by Crippen LogP contribution is -2.15. The summed E-state index contributed by atoms with van der Waals surface area (Å²) in [6.07, 6.45) is 1.56. The second kappa shape index (κ2) is 2.01. The molecule has 1 aliphatic heterocycles. The van der Waals surface area contributed by atoms with E-state index in [1.807, 2.05) is 0 Å². The molecule has 3 heteroatoms. The van der Waals surface area contributed by atoms with E-state index in [0.717, 1.165) is 5.57 Å². The maximum atomic E-state index is 10.4. The van der Waals surface area contributed by atoms with Crippen LogP contribution in [0.3, 0.4) is 0 Å². The number of rotatable bonds is 0. The quantitative estimate of drug-likeness (QED) is 0.348. The zero-order valence-electron chi connectivity index (χ0n) is 5.01. The second-order valence-corrected chi connectivity index (χ2v) is 1.96. The van der Waals surface area contributed by atoms with E-state index in [4.69, 9.17) is 0 Å². The lowest BCUT2D eigenvalue weighted by atomic mass is 10.2. The average molecular weight is 126 g/mol. The van der Waals surface area contributed by atoms with Crippen LogP contribution in [0.25, 0.3) is 0 Å². The molecule has 0 aromatic rings. The molecule has 0 saturated heterocycles. The lowest BCUT2D eigenvalue weighted by Gasteiger charge is -2.05. The predicted molar refractivity (Wildman–Crippen MR) is 29.5 cm³/mol. The molecule has 0 radical (unpaired) electrons. The lowest BCUT2D eigenvalue weighted by molar-refractivity contribution is -0.156. The fourth-order valence-corrected chi connectivity index (χ4v) is 0.658. The van der Waals surface area contributed by atoms with E-state index in [1.165, 1.54) is 6.08 Å². The molecule has 3 nitrogen and oxygen atoms in total. The van der Waals surface area contributed by atoms with Gasteiger partial charge in [0.15, 0.2) is 0 Å². The van der Waals surface area contributed by atoms with Gasteiger partial charge in [0.1, 0.15) is 0 Å². The van der Waals surface area contributed by atoms with Crippen molar-refractivity contribution in [2.24, 2.45) is 0 Å². The molecule has 0 N–H and O–H groups in total. The molecule has 1 rings (SSSR count). The first kappa shape index (κ1) is 6.01. The minimum atomic E-state index is -0.552. The van der Waals surface area contributed by atoms with E-state index in [1.54, 1.807) is 6.92 Å². The first-order chi connectivity index (χ1) is 4.18. The van der Waals surface area contributed by atoms with Crippen LogP contribution in [-0.4, -0.2) is 11.9 Å². The van der Waals surface area contributed by atoms with Crippen molar-refractivity contribution in [2.45, 2.75) is 13.3 Å². The molecule has 0 aromatic carbocycles. The molecule has 0 amide bonds. The number of esters is 2. The summed E-state index contributed by atoms with van der Waals surface area (Å²) in [6.45, 7) is 1.72. The van der Waals surface area contributed by atoms with Gasteiger partial charge in [-0.25, -0.2) is 4.79 Å². The van der Waals surface area contributed by atoms with Crippen LogP contribution in [0.5, 0.6) is 0 Å². The Morgan fingerprint density at radius 1 is 1.56 bits per heavy atom. The maximum Gasteiger partial charge on any atom is 0.338 e. The van der Waals surface area contributed by atoms with Gasteiger partial charge in [-0.1, -0.05) is 5.57 Å². The largest absolute Gasteiger partial charge is 0.390 e. The summed E-state index contributed by atoms with van der Waals surface area (Å²) in [6, 6.07) is 0. The van der Waals surface area contributed by atoms with Crippen molar-refractivity contribution >= 4 is 11.9 Å². The van der Waals surface area contributed by atoms with Gasteiger partial charge in [0, 0.05) is 6.08 Å². The fraction of sp³-hybridized carbons (Fsp3) is 0.333. The Hall–Kier alpha value is -1.12. The molecular weight excluding hydrogens is 120 g/mol. The van der Waals surface area contributed by atoms with Crippen LogP contribution >= 0.6 is 0 Å². The van der Waals surface area contributed by atoms with E-state index in [-0.39, 0.29) is 6.42 Å². The number of carbonyl (C=O) groups is 2. The molecule has 0 fully saturated rings. The molecule has 0 bridgehead atoms. The highest BCUT2D eigenvalue weighted by Crippen LogP contribution is 2.07. The Bertz CT molecular complexity index is 190. The molecule has 0 atom stereocenters. The van der Waals surface area contributed by atoms with Crippen molar-refractivity contribution in [3.05, 3.63) is 11.6 Å². The zero-order chi connectivity index (χ0) is 6.85. The van der Waals surface area contributed by atoms with Crippen molar-refractivity contribution in [3.63, 3.8) is 0 Å². The molecule has 1 aliphatic rings. The molecule has 0 spiro atoms. The Morgan fingerprint density at radius 3 is 2.67 bits per heavy atom. The maximum absolute atomic E-state index is 10.4. The van der Waals surface area contributed by atoms with Gasteiger partial charge in [-0.2, -0.15) is 0 Å². The third kappa shape index (κ3) is 1.38. The fourth-order valence-electron chi connectivity index (χ4n) is 0.658. The number of ether oxygens (including phenoxy) is 1. The van der Waals surface area contributed by atoms with Crippen LogP contribution in [0.15, 0.2) is 11.6 Å². The minimum Gasteiger partial charge on any atom is -0.390 e. The molecule has 0 unspecified atom stereocenters. The van der Waals surface area contributed by atoms with Gasteiger partial charge < -0.3 is 4.74 Å².